The molecule has 310 valence electrons. The van der Waals surface area contributed by atoms with Crippen LogP contribution in [0.5, 0.6) is 0 Å². The molecular weight excluding hydrogens is 773 g/mol. The Balaban J connectivity index is 0.966. The highest BCUT2D eigenvalue weighted by molar-refractivity contribution is 5.87. The number of rotatable bonds is 10. The molecule has 0 N–H and O–H groups in total. The Bertz CT molecular complexity index is 2860. The second kappa shape index (κ2) is 17.8. The number of fused-ring (bicyclic) bond motifs is 2. The number of benzene rings is 9. The van der Waals surface area contributed by atoms with Crippen molar-refractivity contribution in [3.63, 3.8) is 0 Å². The molecule has 0 atom stereocenters. The monoisotopic (exact) mass is 824 g/mol. The number of hydrogen-bond acceptors (Lipinski definition) is 2. The Labute approximate surface area is 378 Å². The Morgan fingerprint density at radius 1 is 0.203 bits per heavy atom. The van der Waals surface area contributed by atoms with Crippen molar-refractivity contribution in [2.45, 2.75) is 51.4 Å². The van der Waals surface area contributed by atoms with Crippen LogP contribution in [0.1, 0.15) is 47.9 Å². The fraction of sp³-hybridized carbons (Fsp3) is 0.129. The summed E-state index contributed by atoms with van der Waals surface area (Å²) in [6.45, 7) is 0. The van der Waals surface area contributed by atoms with Crippen molar-refractivity contribution in [2.75, 3.05) is 9.80 Å². The largest absolute Gasteiger partial charge is 0.311 e. The maximum absolute atomic E-state index is 2.40. The van der Waals surface area contributed by atoms with Gasteiger partial charge < -0.3 is 9.80 Å². The third-order valence-electron chi connectivity index (χ3n) is 13.5. The molecule has 0 saturated carbocycles. The van der Waals surface area contributed by atoms with Crippen LogP contribution in [0.25, 0.3) is 44.5 Å². The van der Waals surface area contributed by atoms with E-state index in [0.717, 1.165) is 47.0 Å². The SMILES string of the molecule is c1ccc(-c2ccc(N(c3ccc(-c4ccccc4)cc3)c3ccc(N(c4ccccc4)c4ccc(-c5c6c(c(-c7ccccc7)c7c5CCCC7)CCCC6)cc4)cc3)cc2)cc1. The molecule has 0 bridgehead atoms. The number of hydrogen-bond donors (Lipinski definition) is 0. The molecule has 9 aromatic carbocycles. The standard InChI is InChI=1S/C62H52N2/c1-5-17-45(18-6-1)47-29-35-52(36-30-47)64(53-37-31-48(32-38-53)46-19-7-2-8-20-46)56-43-41-55(42-44-56)63(51-23-11-4-12-24-51)54-39-33-50(34-40-54)62-59-27-15-13-25-57(59)61(49-21-9-3-10-22-49)58-26-14-16-28-60(58)62/h1-12,17-24,29-44H,13-16,25-28H2. The number of nitrogens with zero attached hydrogens (tertiary/aromatic N) is 2. The summed E-state index contributed by atoms with van der Waals surface area (Å²) in [6.07, 6.45) is 9.73. The highest BCUT2D eigenvalue weighted by Gasteiger charge is 2.28. The van der Waals surface area contributed by atoms with E-state index < -0.39 is 0 Å². The Morgan fingerprint density at radius 2 is 0.422 bits per heavy atom. The summed E-state index contributed by atoms with van der Waals surface area (Å²) in [6, 6.07) is 79.7. The molecule has 2 nitrogen and oxygen atoms in total. The van der Waals surface area contributed by atoms with Gasteiger partial charge in [-0.05, 0) is 191 Å². The average molecular weight is 825 g/mol. The second-order valence-corrected chi connectivity index (χ2v) is 17.3. The smallest absolute Gasteiger partial charge is 0.0463 e. The van der Waals surface area contributed by atoms with Crippen molar-refractivity contribution in [3.05, 3.63) is 241 Å². The minimum atomic E-state index is 1.10. The predicted octanol–water partition coefficient (Wildman–Crippen LogP) is 17.1. The third-order valence-corrected chi connectivity index (χ3v) is 13.5. The van der Waals surface area contributed by atoms with Crippen LogP contribution in [0.2, 0.25) is 0 Å². The molecule has 2 heteroatoms. The molecule has 0 aromatic heterocycles. The molecule has 0 radical (unpaired) electrons. The van der Waals surface area contributed by atoms with Crippen LogP contribution in [0.15, 0.2) is 218 Å². The molecule has 9 aromatic rings. The lowest BCUT2D eigenvalue weighted by molar-refractivity contribution is 0.662. The van der Waals surface area contributed by atoms with E-state index in [1.54, 1.807) is 27.8 Å². The van der Waals surface area contributed by atoms with Crippen LogP contribution >= 0.6 is 0 Å². The minimum absolute atomic E-state index is 1.10. The van der Waals surface area contributed by atoms with E-state index in [-0.39, 0.29) is 0 Å². The minimum Gasteiger partial charge on any atom is -0.311 e. The predicted molar refractivity (Wildman–Crippen MR) is 271 cm³/mol. The fourth-order valence-electron chi connectivity index (χ4n) is 10.4. The van der Waals surface area contributed by atoms with Crippen LogP contribution in [-0.4, -0.2) is 0 Å². The van der Waals surface area contributed by atoms with E-state index >= 15 is 0 Å². The number of para-hydroxylation sites is 1. The Hall–Kier alpha value is -7.42. The van der Waals surface area contributed by atoms with Gasteiger partial charge in [-0.3, -0.25) is 0 Å². The molecule has 2 aliphatic carbocycles. The van der Waals surface area contributed by atoms with E-state index in [1.165, 1.54) is 77.5 Å². The van der Waals surface area contributed by atoms with E-state index in [9.17, 15) is 0 Å². The summed E-state index contributed by atoms with van der Waals surface area (Å²) in [7, 11) is 0. The van der Waals surface area contributed by atoms with Gasteiger partial charge in [-0.2, -0.15) is 0 Å². The first-order valence-corrected chi connectivity index (χ1v) is 23.2. The molecule has 0 aliphatic heterocycles. The zero-order valence-corrected chi connectivity index (χ0v) is 36.3. The van der Waals surface area contributed by atoms with E-state index in [1.807, 2.05) is 0 Å². The molecule has 0 unspecified atom stereocenters. The fourth-order valence-corrected chi connectivity index (χ4v) is 10.4. The zero-order valence-electron chi connectivity index (χ0n) is 36.3. The van der Waals surface area contributed by atoms with Gasteiger partial charge >= 0.3 is 0 Å². The molecule has 0 spiro atoms. The van der Waals surface area contributed by atoms with Gasteiger partial charge in [-0.25, -0.2) is 0 Å². The molecule has 0 amide bonds. The molecule has 2 aliphatic rings. The van der Waals surface area contributed by atoms with Gasteiger partial charge in [0, 0.05) is 34.1 Å². The van der Waals surface area contributed by atoms with Crippen molar-refractivity contribution in [2.24, 2.45) is 0 Å². The van der Waals surface area contributed by atoms with E-state index in [0.29, 0.717) is 0 Å². The molecule has 11 rings (SSSR count). The van der Waals surface area contributed by atoms with Gasteiger partial charge in [0.15, 0.2) is 0 Å². The van der Waals surface area contributed by atoms with Gasteiger partial charge in [0.05, 0.1) is 0 Å². The molecule has 0 fully saturated rings. The van der Waals surface area contributed by atoms with Gasteiger partial charge in [0.25, 0.3) is 0 Å². The Morgan fingerprint density at radius 3 is 0.750 bits per heavy atom. The van der Waals surface area contributed by atoms with Crippen LogP contribution in [0.3, 0.4) is 0 Å². The average Bonchev–Trinajstić information content (AvgIpc) is 3.38. The first-order valence-electron chi connectivity index (χ1n) is 23.2. The Kier molecular flexibility index (Phi) is 10.9. The van der Waals surface area contributed by atoms with Gasteiger partial charge in [-0.1, -0.05) is 146 Å². The molecule has 64 heavy (non-hydrogen) atoms. The summed E-state index contributed by atoms with van der Waals surface area (Å²) in [4.78, 5) is 4.75. The quantitative estimate of drug-likeness (QED) is 0.136. The van der Waals surface area contributed by atoms with Crippen molar-refractivity contribution in [1.82, 2.24) is 0 Å². The zero-order chi connectivity index (χ0) is 42.7. The normalized spacial score (nSPS) is 13.1. The summed E-state index contributed by atoms with van der Waals surface area (Å²) in [5.74, 6) is 0. The number of anilines is 6. The van der Waals surface area contributed by atoms with E-state index in [2.05, 4.69) is 228 Å². The summed E-state index contributed by atoms with van der Waals surface area (Å²) >= 11 is 0. The topological polar surface area (TPSA) is 6.48 Å². The lowest BCUT2D eigenvalue weighted by Gasteiger charge is -2.32. The maximum atomic E-state index is 2.40. The highest BCUT2D eigenvalue weighted by atomic mass is 15.2. The third kappa shape index (κ3) is 7.71. The van der Waals surface area contributed by atoms with Crippen molar-refractivity contribution < 1.29 is 0 Å². The highest BCUT2D eigenvalue weighted by Crippen LogP contribution is 2.47. The molecule has 0 saturated heterocycles. The van der Waals surface area contributed by atoms with E-state index in [4.69, 9.17) is 0 Å². The van der Waals surface area contributed by atoms with Gasteiger partial charge in [0.1, 0.15) is 0 Å². The summed E-state index contributed by atoms with van der Waals surface area (Å²) < 4.78 is 0. The van der Waals surface area contributed by atoms with Crippen molar-refractivity contribution >= 4 is 34.1 Å². The lowest BCUT2D eigenvalue weighted by atomic mass is 9.73. The van der Waals surface area contributed by atoms with Crippen LogP contribution in [0.4, 0.5) is 34.1 Å². The van der Waals surface area contributed by atoms with Crippen LogP contribution in [0, 0.1) is 0 Å². The first kappa shape index (κ1) is 39.4. The second-order valence-electron chi connectivity index (χ2n) is 17.3. The maximum Gasteiger partial charge on any atom is 0.0463 e. The van der Waals surface area contributed by atoms with Crippen molar-refractivity contribution in [3.8, 4) is 44.5 Å². The van der Waals surface area contributed by atoms with Gasteiger partial charge in [-0.15, -0.1) is 0 Å². The first-order chi connectivity index (χ1) is 31.8. The summed E-state index contributed by atoms with van der Waals surface area (Å²) in [5, 5.41) is 0. The van der Waals surface area contributed by atoms with Gasteiger partial charge in [0.2, 0.25) is 0 Å². The lowest BCUT2D eigenvalue weighted by Crippen LogP contribution is -2.15. The van der Waals surface area contributed by atoms with Crippen LogP contribution < -0.4 is 9.80 Å². The molecular formula is C62H52N2. The molecule has 0 heterocycles. The van der Waals surface area contributed by atoms with Crippen LogP contribution in [-0.2, 0) is 25.7 Å². The van der Waals surface area contributed by atoms with Crippen molar-refractivity contribution in [1.29, 1.82) is 0 Å². The summed E-state index contributed by atoms with van der Waals surface area (Å²) in [5.41, 5.74) is 23.8.